The van der Waals surface area contributed by atoms with E-state index >= 15 is 0 Å². The maximum atomic E-state index is 11.8. The lowest BCUT2D eigenvalue weighted by Crippen LogP contribution is -2.37. The highest BCUT2D eigenvalue weighted by molar-refractivity contribution is 7.88. The smallest absolute Gasteiger partial charge is 0.215 e. The molecular formula is C12H19ClN2O2S. The summed E-state index contributed by atoms with van der Waals surface area (Å²) < 4.78 is 26.3. The molecule has 0 aliphatic carbocycles. The highest BCUT2D eigenvalue weighted by Crippen LogP contribution is 2.06. The van der Waals surface area contributed by atoms with Gasteiger partial charge in [-0.25, -0.2) is 13.1 Å². The number of halogens is 1. The van der Waals surface area contributed by atoms with Gasteiger partial charge < -0.3 is 5.32 Å². The Labute approximate surface area is 115 Å². The molecule has 6 heteroatoms. The molecule has 1 saturated heterocycles. The monoisotopic (exact) mass is 290 g/mol. The summed E-state index contributed by atoms with van der Waals surface area (Å²) in [7, 11) is -3.21. The van der Waals surface area contributed by atoms with Gasteiger partial charge in [0.05, 0.1) is 5.75 Å². The van der Waals surface area contributed by atoms with E-state index in [-0.39, 0.29) is 18.2 Å². The molecule has 0 spiro atoms. The summed E-state index contributed by atoms with van der Waals surface area (Å²) in [6.07, 6.45) is 2.18. The van der Waals surface area contributed by atoms with Gasteiger partial charge >= 0.3 is 0 Å². The molecular weight excluding hydrogens is 272 g/mol. The van der Waals surface area contributed by atoms with Crippen molar-refractivity contribution in [1.82, 2.24) is 10.0 Å². The summed E-state index contributed by atoms with van der Waals surface area (Å²) in [5.41, 5.74) is 0.819. The van der Waals surface area contributed by atoms with E-state index in [1.165, 1.54) is 0 Å². The van der Waals surface area contributed by atoms with Crippen LogP contribution in [-0.2, 0) is 15.8 Å². The summed E-state index contributed by atoms with van der Waals surface area (Å²) >= 11 is 0. The van der Waals surface area contributed by atoms with Crippen LogP contribution < -0.4 is 10.0 Å². The Morgan fingerprint density at radius 1 is 1.28 bits per heavy atom. The molecule has 1 aliphatic rings. The fraction of sp³-hybridized carbons (Fsp3) is 0.500. The largest absolute Gasteiger partial charge is 0.313 e. The maximum absolute atomic E-state index is 11.8. The van der Waals surface area contributed by atoms with Crippen LogP contribution in [0.15, 0.2) is 30.3 Å². The average molecular weight is 291 g/mol. The molecule has 1 fully saturated rings. The van der Waals surface area contributed by atoms with Gasteiger partial charge in [-0.2, -0.15) is 0 Å². The number of sulfonamides is 1. The van der Waals surface area contributed by atoms with Crippen LogP contribution in [0.25, 0.3) is 0 Å². The molecule has 0 radical (unpaired) electrons. The minimum absolute atomic E-state index is 0. The van der Waals surface area contributed by atoms with Crippen molar-refractivity contribution < 1.29 is 8.42 Å². The highest BCUT2D eigenvalue weighted by atomic mass is 35.5. The fourth-order valence-corrected chi connectivity index (χ4v) is 3.19. The molecule has 0 saturated carbocycles. The van der Waals surface area contributed by atoms with Gasteiger partial charge in [0.15, 0.2) is 0 Å². The molecule has 18 heavy (non-hydrogen) atoms. The van der Waals surface area contributed by atoms with Crippen LogP contribution in [0.4, 0.5) is 0 Å². The van der Waals surface area contributed by atoms with E-state index < -0.39 is 10.0 Å². The van der Waals surface area contributed by atoms with E-state index in [0.717, 1.165) is 24.9 Å². The van der Waals surface area contributed by atoms with Crippen molar-refractivity contribution in [2.24, 2.45) is 0 Å². The third-order valence-corrected chi connectivity index (χ3v) is 4.23. The van der Waals surface area contributed by atoms with Crippen molar-refractivity contribution in [1.29, 1.82) is 0 Å². The average Bonchev–Trinajstić information content (AvgIpc) is 2.80. The van der Waals surface area contributed by atoms with Gasteiger partial charge in [0.1, 0.15) is 0 Å². The summed E-state index contributed by atoms with van der Waals surface area (Å²) in [5.74, 6) is 0.0561. The second-order valence-corrected chi connectivity index (χ2v) is 6.19. The second kappa shape index (κ2) is 7.09. The summed E-state index contributed by atoms with van der Waals surface area (Å²) in [5, 5.41) is 3.27. The van der Waals surface area contributed by atoms with Crippen molar-refractivity contribution in [3.05, 3.63) is 35.9 Å². The number of hydrogen-bond acceptors (Lipinski definition) is 3. The first-order chi connectivity index (χ1) is 8.16. The third kappa shape index (κ3) is 4.94. The second-order valence-electron chi connectivity index (χ2n) is 4.39. The van der Waals surface area contributed by atoms with Crippen LogP contribution in [0.1, 0.15) is 18.4 Å². The lowest BCUT2D eigenvalue weighted by Gasteiger charge is -2.11. The lowest BCUT2D eigenvalue weighted by molar-refractivity contribution is 0.551. The van der Waals surface area contributed by atoms with Crippen LogP contribution in [0.2, 0.25) is 0 Å². The molecule has 1 atom stereocenters. The van der Waals surface area contributed by atoms with Crippen LogP contribution in [0, 0.1) is 0 Å². The van der Waals surface area contributed by atoms with Gasteiger partial charge in [-0.1, -0.05) is 30.3 Å². The molecule has 1 aliphatic heterocycles. The van der Waals surface area contributed by atoms with E-state index in [1.807, 2.05) is 30.3 Å². The lowest BCUT2D eigenvalue weighted by atomic mass is 10.2. The topological polar surface area (TPSA) is 58.2 Å². The third-order valence-electron chi connectivity index (χ3n) is 2.91. The van der Waals surface area contributed by atoms with Gasteiger partial charge in [-0.3, -0.25) is 0 Å². The fourth-order valence-electron chi connectivity index (χ4n) is 2.00. The van der Waals surface area contributed by atoms with Gasteiger partial charge in [-0.05, 0) is 24.9 Å². The predicted octanol–water partition coefficient (Wildman–Crippen LogP) is 1.28. The van der Waals surface area contributed by atoms with Crippen molar-refractivity contribution >= 4 is 22.4 Å². The Kier molecular flexibility index (Phi) is 6.08. The number of benzene rings is 1. The molecule has 0 aromatic heterocycles. The Morgan fingerprint density at radius 3 is 2.61 bits per heavy atom. The van der Waals surface area contributed by atoms with Crippen LogP contribution in [-0.4, -0.2) is 27.5 Å². The quantitative estimate of drug-likeness (QED) is 0.859. The van der Waals surface area contributed by atoms with E-state index in [9.17, 15) is 8.42 Å². The molecule has 0 bridgehead atoms. The Hall–Kier alpha value is -0.620. The number of nitrogens with one attached hydrogen (secondary N) is 2. The zero-order valence-corrected chi connectivity index (χ0v) is 11.8. The van der Waals surface area contributed by atoms with Crippen LogP contribution >= 0.6 is 12.4 Å². The van der Waals surface area contributed by atoms with Gasteiger partial charge in [0.25, 0.3) is 0 Å². The van der Waals surface area contributed by atoms with Crippen molar-refractivity contribution in [2.45, 2.75) is 24.6 Å². The SMILES string of the molecule is Cl.O=S(=O)(Cc1ccccc1)NCC1CCCN1. The first-order valence-electron chi connectivity index (χ1n) is 5.90. The first kappa shape index (κ1) is 15.4. The molecule has 1 aromatic carbocycles. The molecule has 4 nitrogen and oxygen atoms in total. The summed E-state index contributed by atoms with van der Waals surface area (Å²) in [6, 6.07) is 9.53. The van der Waals surface area contributed by atoms with Crippen molar-refractivity contribution in [2.75, 3.05) is 13.1 Å². The molecule has 2 rings (SSSR count). The van der Waals surface area contributed by atoms with Crippen LogP contribution in [0.3, 0.4) is 0 Å². The molecule has 1 unspecified atom stereocenters. The van der Waals surface area contributed by atoms with Gasteiger partial charge in [0.2, 0.25) is 10.0 Å². The van der Waals surface area contributed by atoms with Gasteiger partial charge in [-0.15, -0.1) is 12.4 Å². The van der Waals surface area contributed by atoms with Crippen molar-refractivity contribution in [3.8, 4) is 0 Å². The Morgan fingerprint density at radius 2 is 2.00 bits per heavy atom. The Balaban J connectivity index is 0.00000162. The van der Waals surface area contributed by atoms with E-state index in [0.29, 0.717) is 12.6 Å². The van der Waals surface area contributed by atoms with E-state index in [1.54, 1.807) is 0 Å². The highest BCUT2D eigenvalue weighted by Gasteiger charge is 2.17. The molecule has 0 amide bonds. The summed E-state index contributed by atoms with van der Waals surface area (Å²) in [4.78, 5) is 0. The normalized spacial score (nSPS) is 19.4. The standard InChI is InChI=1S/C12H18N2O2S.ClH/c15-17(16,10-11-5-2-1-3-6-11)14-9-12-7-4-8-13-12;/h1-3,5-6,12-14H,4,7-10H2;1H. The zero-order chi connectivity index (χ0) is 12.1. The number of rotatable bonds is 5. The maximum Gasteiger partial charge on any atom is 0.215 e. The van der Waals surface area contributed by atoms with E-state index in [4.69, 9.17) is 0 Å². The molecule has 2 N–H and O–H groups in total. The van der Waals surface area contributed by atoms with Crippen LogP contribution in [0.5, 0.6) is 0 Å². The first-order valence-corrected chi connectivity index (χ1v) is 7.55. The minimum Gasteiger partial charge on any atom is -0.313 e. The minimum atomic E-state index is -3.21. The summed E-state index contributed by atoms with van der Waals surface area (Å²) in [6.45, 7) is 1.49. The molecule has 1 heterocycles. The molecule has 1 aromatic rings. The van der Waals surface area contributed by atoms with Crippen molar-refractivity contribution in [3.63, 3.8) is 0 Å². The van der Waals surface area contributed by atoms with Gasteiger partial charge in [0, 0.05) is 12.6 Å². The number of hydrogen-bond donors (Lipinski definition) is 2. The molecule has 102 valence electrons. The Bertz CT molecular complexity index is 444. The zero-order valence-electron chi connectivity index (χ0n) is 10.1. The predicted molar refractivity (Wildman–Crippen MR) is 75.3 cm³/mol. The van der Waals surface area contributed by atoms with E-state index in [2.05, 4.69) is 10.0 Å².